The summed E-state index contributed by atoms with van der Waals surface area (Å²) in [7, 11) is 0. The molecule has 0 aliphatic carbocycles. The second-order valence-electron chi connectivity index (χ2n) is 6.11. The summed E-state index contributed by atoms with van der Waals surface area (Å²) < 4.78 is 7.39. The molecule has 0 bridgehead atoms. The Morgan fingerprint density at radius 1 is 1.09 bits per heavy atom. The Morgan fingerprint density at radius 2 is 1.91 bits per heavy atom. The van der Waals surface area contributed by atoms with Crippen LogP contribution in [0.1, 0.15) is 25.3 Å². The van der Waals surface area contributed by atoms with Gasteiger partial charge in [-0.05, 0) is 17.5 Å². The third-order valence-electron chi connectivity index (χ3n) is 4.14. The number of rotatable bonds is 5. The van der Waals surface area contributed by atoms with Crippen molar-refractivity contribution in [2.24, 2.45) is 0 Å². The van der Waals surface area contributed by atoms with Crippen molar-refractivity contribution in [1.82, 2.24) is 19.7 Å². The highest BCUT2D eigenvalue weighted by atomic mass is 16.5. The number of morpholine rings is 1. The molecule has 22 heavy (non-hydrogen) atoms. The van der Waals surface area contributed by atoms with Gasteiger partial charge < -0.3 is 4.74 Å². The number of pyridine rings is 1. The van der Waals surface area contributed by atoms with Gasteiger partial charge in [0.2, 0.25) is 0 Å². The minimum Gasteiger partial charge on any atom is -0.379 e. The lowest BCUT2D eigenvalue weighted by molar-refractivity contribution is 0.0360. The average Bonchev–Trinajstić information content (AvgIpc) is 3.03. The Hall–Kier alpha value is -1.72. The van der Waals surface area contributed by atoms with E-state index in [9.17, 15) is 0 Å². The standard InChI is InChI=1S/C17H24N4O/c1-14(2)15-9-16(11-18-10-15)17-12-19-21(13-17)4-3-20-5-7-22-8-6-20/h9-14H,3-8H2,1-2H3. The zero-order valence-electron chi connectivity index (χ0n) is 13.4. The molecule has 1 aliphatic rings. The van der Waals surface area contributed by atoms with E-state index >= 15 is 0 Å². The van der Waals surface area contributed by atoms with Crippen molar-refractivity contribution in [2.45, 2.75) is 26.3 Å². The Bertz CT molecular complexity index is 602. The van der Waals surface area contributed by atoms with Crippen molar-refractivity contribution in [3.8, 4) is 11.1 Å². The molecule has 118 valence electrons. The van der Waals surface area contributed by atoms with E-state index in [1.165, 1.54) is 5.56 Å². The molecular weight excluding hydrogens is 276 g/mol. The smallest absolute Gasteiger partial charge is 0.0594 e. The molecule has 0 amide bonds. The number of nitrogens with zero attached hydrogens (tertiary/aromatic N) is 4. The number of ether oxygens (including phenoxy) is 1. The van der Waals surface area contributed by atoms with Gasteiger partial charge in [-0.25, -0.2) is 0 Å². The van der Waals surface area contributed by atoms with Gasteiger partial charge in [-0.15, -0.1) is 0 Å². The Kier molecular flexibility index (Phi) is 4.85. The summed E-state index contributed by atoms with van der Waals surface area (Å²) in [5.41, 5.74) is 3.54. The summed E-state index contributed by atoms with van der Waals surface area (Å²) in [5.74, 6) is 0.490. The largest absolute Gasteiger partial charge is 0.379 e. The van der Waals surface area contributed by atoms with E-state index in [1.807, 2.05) is 23.3 Å². The quantitative estimate of drug-likeness (QED) is 0.850. The normalized spacial score (nSPS) is 16.3. The van der Waals surface area contributed by atoms with Crippen LogP contribution in [0.15, 0.2) is 30.9 Å². The molecule has 5 nitrogen and oxygen atoms in total. The van der Waals surface area contributed by atoms with Gasteiger partial charge >= 0.3 is 0 Å². The second kappa shape index (κ2) is 7.03. The van der Waals surface area contributed by atoms with E-state index in [-0.39, 0.29) is 0 Å². The molecule has 0 saturated carbocycles. The van der Waals surface area contributed by atoms with E-state index in [1.54, 1.807) is 0 Å². The summed E-state index contributed by atoms with van der Waals surface area (Å²) in [6.45, 7) is 10.0. The lowest BCUT2D eigenvalue weighted by Crippen LogP contribution is -2.38. The van der Waals surface area contributed by atoms with Crippen LogP contribution in [-0.4, -0.2) is 52.5 Å². The Labute approximate surface area is 131 Å². The molecule has 0 unspecified atom stereocenters. The van der Waals surface area contributed by atoms with E-state index in [2.05, 4.69) is 41.1 Å². The van der Waals surface area contributed by atoms with Gasteiger partial charge in [0.25, 0.3) is 0 Å². The maximum Gasteiger partial charge on any atom is 0.0594 e. The third kappa shape index (κ3) is 3.72. The van der Waals surface area contributed by atoms with Gasteiger partial charge in [-0.1, -0.05) is 13.8 Å². The van der Waals surface area contributed by atoms with Crippen LogP contribution in [0.5, 0.6) is 0 Å². The highest BCUT2D eigenvalue weighted by Crippen LogP contribution is 2.22. The van der Waals surface area contributed by atoms with Crippen LogP contribution in [0, 0.1) is 0 Å². The monoisotopic (exact) mass is 300 g/mol. The maximum absolute atomic E-state index is 5.37. The molecule has 0 radical (unpaired) electrons. The first-order valence-corrected chi connectivity index (χ1v) is 8.00. The van der Waals surface area contributed by atoms with E-state index in [0.717, 1.165) is 50.5 Å². The molecule has 3 heterocycles. The van der Waals surface area contributed by atoms with Crippen LogP contribution in [0.4, 0.5) is 0 Å². The highest BCUT2D eigenvalue weighted by Gasteiger charge is 2.10. The van der Waals surface area contributed by atoms with Gasteiger partial charge in [-0.2, -0.15) is 5.10 Å². The lowest BCUT2D eigenvalue weighted by atomic mass is 10.0. The SMILES string of the molecule is CC(C)c1cncc(-c2cnn(CCN3CCOCC3)c2)c1. The summed E-state index contributed by atoms with van der Waals surface area (Å²) in [6.07, 6.45) is 7.90. The molecule has 5 heteroatoms. The first kappa shape index (κ1) is 15.2. The summed E-state index contributed by atoms with van der Waals surface area (Å²) in [4.78, 5) is 6.77. The lowest BCUT2D eigenvalue weighted by Gasteiger charge is -2.26. The minimum absolute atomic E-state index is 0.490. The van der Waals surface area contributed by atoms with Crippen LogP contribution in [-0.2, 0) is 11.3 Å². The van der Waals surface area contributed by atoms with Gasteiger partial charge in [-0.3, -0.25) is 14.6 Å². The van der Waals surface area contributed by atoms with Crippen LogP contribution in [0.3, 0.4) is 0 Å². The van der Waals surface area contributed by atoms with Crippen LogP contribution in [0.2, 0.25) is 0 Å². The number of hydrogen-bond donors (Lipinski definition) is 0. The van der Waals surface area contributed by atoms with Crippen molar-refractivity contribution in [2.75, 3.05) is 32.8 Å². The van der Waals surface area contributed by atoms with Crippen molar-refractivity contribution in [3.05, 3.63) is 36.4 Å². The molecule has 2 aromatic rings. The van der Waals surface area contributed by atoms with E-state index < -0.39 is 0 Å². The zero-order valence-corrected chi connectivity index (χ0v) is 13.4. The molecule has 0 N–H and O–H groups in total. The summed E-state index contributed by atoms with van der Waals surface area (Å²) in [5, 5.41) is 4.48. The van der Waals surface area contributed by atoms with E-state index in [4.69, 9.17) is 4.74 Å². The zero-order chi connectivity index (χ0) is 15.4. The van der Waals surface area contributed by atoms with Gasteiger partial charge in [0.05, 0.1) is 26.0 Å². The fourth-order valence-corrected chi connectivity index (χ4v) is 2.63. The molecule has 1 saturated heterocycles. The summed E-state index contributed by atoms with van der Waals surface area (Å²) in [6, 6.07) is 2.21. The van der Waals surface area contributed by atoms with Gasteiger partial charge in [0.1, 0.15) is 0 Å². The molecule has 1 aliphatic heterocycles. The first-order chi connectivity index (χ1) is 10.7. The first-order valence-electron chi connectivity index (χ1n) is 8.00. The fraction of sp³-hybridized carbons (Fsp3) is 0.529. The second-order valence-corrected chi connectivity index (χ2v) is 6.11. The minimum atomic E-state index is 0.490. The van der Waals surface area contributed by atoms with Crippen LogP contribution >= 0.6 is 0 Å². The number of hydrogen-bond acceptors (Lipinski definition) is 4. The Morgan fingerprint density at radius 3 is 2.68 bits per heavy atom. The topological polar surface area (TPSA) is 43.2 Å². The molecule has 2 aromatic heterocycles. The number of aromatic nitrogens is 3. The average molecular weight is 300 g/mol. The highest BCUT2D eigenvalue weighted by molar-refractivity contribution is 5.61. The predicted molar refractivity (Wildman–Crippen MR) is 86.8 cm³/mol. The fourth-order valence-electron chi connectivity index (χ4n) is 2.63. The van der Waals surface area contributed by atoms with Crippen molar-refractivity contribution < 1.29 is 4.74 Å². The van der Waals surface area contributed by atoms with Crippen LogP contribution < -0.4 is 0 Å². The summed E-state index contributed by atoms with van der Waals surface area (Å²) >= 11 is 0. The molecule has 1 fully saturated rings. The molecule has 0 aromatic carbocycles. The molecular formula is C17H24N4O. The van der Waals surface area contributed by atoms with Gasteiger partial charge in [0.15, 0.2) is 0 Å². The molecule has 3 rings (SSSR count). The van der Waals surface area contributed by atoms with Gasteiger partial charge in [0, 0.05) is 49.4 Å². The molecule has 0 atom stereocenters. The van der Waals surface area contributed by atoms with Crippen molar-refractivity contribution >= 4 is 0 Å². The predicted octanol–water partition coefficient (Wildman–Crippen LogP) is 2.40. The van der Waals surface area contributed by atoms with E-state index in [0.29, 0.717) is 5.92 Å². The maximum atomic E-state index is 5.37. The Balaban J connectivity index is 1.64. The third-order valence-corrected chi connectivity index (χ3v) is 4.14. The van der Waals surface area contributed by atoms with Crippen molar-refractivity contribution in [1.29, 1.82) is 0 Å². The molecule has 0 spiro atoms. The van der Waals surface area contributed by atoms with Crippen molar-refractivity contribution in [3.63, 3.8) is 0 Å². The van der Waals surface area contributed by atoms with Crippen LogP contribution in [0.25, 0.3) is 11.1 Å².